The van der Waals surface area contributed by atoms with E-state index in [-0.39, 0.29) is 0 Å². The first-order valence-corrected chi connectivity index (χ1v) is 6.73. The van der Waals surface area contributed by atoms with Gasteiger partial charge in [-0.3, -0.25) is 0 Å². The van der Waals surface area contributed by atoms with E-state index in [1.165, 1.54) is 25.7 Å². The summed E-state index contributed by atoms with van der Waals surface area (Å²) in [6, 6.07) is 0.550. The molecule has 2 N–H and O–H groups in total. The zero-order valence-corrected chi connectivity index (χ0v) is 10.4. The minimum Gasteiger partial charge on any atom is -0.388 e. The Bertz CT molecular complexity index is 208. The number of hydrogen-bond acceptors (Lipinski definition) is 3. The highest BCUT2D eigenvalue weighted by atomic mass is 16.5. The molecule has 3 heteroatoms. The third-order valence-electron chi connectivity index (χ3n) is 4.28. The van der Waals surface area contributed by atoms with Gasteiger partial charge in [0.05, 0.1) is 5.60 Å². The van der Waals surface area contributed by atoms with Crippen molar-refractivity contribution >= 4 is 0 Å². The molecule has 0 radical (unpaired) electrons. The average Bonchev–Trinajstić information content (AvgIpc) is 2.80. The first kappa shape index (κ1) is 12.3. The van der Waals surface area contributed by atoms with Crippen LogP contribution in [0.5, 0.6) is 0 Å². The molecule has 2 fully saturated rings. The van der Waals surface area contributed by atoms with Crippen LogP contribution in [0.4, 0.5) is 0 Å². The Hall–Kier alpha value is -0.120. The van der Waals surface area contributed by atoms with Crippen molar-refractivity contribution in [2.75, 3.05) is 19.8 Å². The normalized spacial score (nSPS) is 28.1. The zero-order chi connectivity index (χ0) is 11.4. The van der Waals surface area contributed by atoms with Crippen LogP contribution in [0, 0.1) is 5.92 Å². The summed E-state index contributed by atoms with van der Waals surface area (Å²) in [5, 5.41) is 13.8. The standard InChI is InChI=1S/C13H25NO2/c1-11(12-4-2-3-5-12)14-10-13(15)6-8-16-9-7-13/h11-12,14-15H,2-10H2,1H3. The van der Waals surface area contributed by atoms with Gasteiger partial charge in [0.15, 0.2) is 0 Å². The predicted octanol–water partition coefficient (Wildman–Crippen LogP) is 1.70. The molecule has 0 aromatic rings. The molecule has 0 amide bonds. The van der Waals surface area contributed by atoms with E-state index in [2.05, 4.69) is 12.2 Å². The number of rotatable bonds is 4. The fourth-order valence-electron chi connectivity index (χ4n) is 2.90. The fraction of sp³-hybridized carbons (Fsp3) is 1.00. The molecular weight excluding hydrogens is 202 g/mol. The van der Waals surface area contributed by atoms with Gasteiger partial charge in [0.1, 0.15) is 0 Å². The predicted molar refractivity (Wildman–Crippen MR) is 64.4 cm³/mol. The molecule has 1 aliphatic carbocycles. The van der Waals surface area contributed by atoms with Crippen molar-refractivity contribution < 1.29 is 9.84 Å². The lowest BCUT2D eigenvalue weighted by molar-refractivity contribution is -0.0632. The van der Waals surface area contributed by atoms with Gasteiger partial charge in [0, 0.05) is 38.6 Å². The van der Waals surface area contributed by atoms with Crippen molar-refractivity contribution in [3.8, 4) is 0 Å². The second kappa shape index (κ2) is 5.48. The highest BCUT2D eigenvalue weighted by Gasteiger charge is 2.31. The van der Waals surface area contributed by atoms with Gasteiger partial charge < -0.3 is 15.2 Å². The van der Waals surface area contributed by atoms with Gasteiger partial charge in [-0.1, -0.05) is 12.8 Å². The lowest BCUT2D eigenvalue weighted by Crippen LogP contribution is -2.48. The maximum absolute atomic E-state index is 10.3. The van der Waals surface area contributed by atoms with Gasteiger partial charge >= 0.3 is 0 Å². The van der Waals surface area contributed by atoms with Crippen molar-refractivity contribution in [2.45, 2.75) is 57.1 Å². The van der Waals surface area contributed by atoms with Crippen molar-refractivity contribution in [3.05, 3.63) is 0 Å². The highest BCUT2D eigenvalue weighted by Crippen LogP contribution is 2.28. The van der Waals surface area contributed by atoms with E-state index in [0.29, 0.717) is 19.3 Å². The Kier molecular flexibility index (Phi) is 4.22. The van der Waals surface area contributed by atoms with Crippen molar-refractivity contribution in [1.82, 2.24) is 5.32 Å². The Morgan fingerprint density at radius 3 is 2.56 bits per heavy atom. The smallest absolute Gasteiger partial charge is 0.0815 e. The van der Waals surface area contributed by atoms with E-state index >= 15 is 0 Å². The Balaban J connectivity index is 1.72. The van der Waals surface area contributed by atoms with Crippen LogP contribution in [0.25, 0.3) is 0 Å². The minimum absolute atomic E-state index is 0.523. The van der Waals surface area contributed by atoms with Gasteiger partial charge in [-0.15, -0.1) is 0 Å². The monoisotopic (exact) mass is 227 g/mol. The largest absolute Gasteiger partial charge is 0.388 e. The number of hydrogen-bond donors (Lipinski definition) is 2. The molecule has 3 nitrogen and oxygen atoms in total. The molecule has 0 bridgehead atoms. The van der Waals surface area contributed by atoms with Crippen LogP contribution in [-0.4, -0.2) is 36.5 Å². The van der Waals surface area contributed by atoms with E-state index < -0.39 is 5.60 Å². The van der Waals surface area contributed by atoms with E-state index in [1.807, 2.05) is 0 Å². The zero-order valence-electron chi connectivity index (χ0n) is 10.4. The molecule has 1 heterocycles. The second-order valence-electron chi connectivity index (χ2n) is 5.55. The van der Waals surface area contributed by atoms with Gasteiger partial charge in [0.25, 0.3) is 0 Å². The molecule has 1 atom stereocenters. The molecule has 0 aromatic heterocycles. The van der Waals surface area contributed by atoms with Crippen molar-refractivity contribution in [2.24, 2.45) is 5.92 Å². The van der Waals surface area contributed by atoms with Gasteiger partial charge in [0.2, 0.25) is 0 Å². The molecule has 0 aromatic carbocycles. The molecule has 1 aliphatic heterocycles. The van der Waals surface area contributed by atoms with Gasteiger partial charge in [-0.25, -0.2) is 0 Å². The van der Waals surface area contributed by atoms with Crippen LogP contribution in [0.15, 0.2) is 0 Å². The molecule has 1 saturated carbocycles. The quantitative estimate of drug-likeness (QED) is 0.768. The Morgan fingerprint density at radius 1 is 1.31 bits per heavy atom. The molecule has 2 aliphatic rings. The van der Waals surface area contributed by atoms with Gasteiger partial charge in [-0.05, 0) is 25.7 Å². The lowest BCUT2D eigenvalue weighted by atomic mass is 9.92. The number of ether oxygens (including phenoxy) is 1. The van der Waals surface area contributed by atoms with Crippen LogP contribution < -0.4 is 5.32 Å². The first-order valence-electron chi connectivity index (χ1n) is 6.73. The summed E-state index contributed by atoms with van der Waals surface area (Å²) in [5.41, 5.74) is -0.523. The molecule has 16 heavy (non-hydrogen) atoms. The summed E-state index contributed by atoms with van der Waals surface area (Å²) in [6.45, 7) is 4.40. The molecule has 2 rings (SSSR count). The van der Waals surface area contributed by atoms with E-state index in [0.717, 1.165) is 25.3 Å². The second-order valence-corrected chi connectivity index (χ2v) is 5.55. The summed E-state index contributed by atoms with van der Waals surface area (Å²) in [7, 11) is 0. The van der Waals surface area contributed by atoms with Crippen LogP contribution in [-0.2, 0) is 4.74 Å². The summed E-state index contributed by atoms with van der Waals surface area (Å²) in [4.78, 5) is 0. The Morgan fingerprint density at radius 2 is 1.94 bits per heavy atom. The highest BCUT2D eigenvalue weighted by molar-refractivity contribution is 4.86. The molecular formula is C13H25NO2. The SMILES string of the molecule is CC(NCC1(O)CCOCC1)C1CCCC1. The minimum atomic E-state index is -0.523. The van der Waals surface area contributed by atoms with Crippen molar-refractivity contribution in [1.29, 1.82) is 0 Å². The van der Waals surface area contributed by atoms with Crippen LogP contribution in [0.1, 0.15) is 45.4 Å². The maximum atomic E-state index is 10.3. The Labute approximate surface area is 98.6 Å². The average molecular weight is 227 g/mol. The third kappa shape index (κ3) is 3.19. The molecule has 94 valence electrons. The van der Waals surface area contributed by atoms with E-state index in [1.54, 1.807) is 0 Å². The van der Waals surface area contributed by atoms with E-state index in [9.17, 15) is 5.11 Å². The summed E-state index contributed by atoms with van der Waals surface area (Å²) in [6.07, 6.45) is 7.03. The van der Waals surface area contributed by atoms with Crippen LogP contribution >= 0.6 is 0 Å². The van der Waals surface area contributed by atoms with Crippen molar-refractivity contribution in [3.63, 3.8) is 0 Å². The molecule has 1 unspecified atom stereocenters. The molecule has 1 saturated heterocycles. The fourth-order valence-corrected chi connectivity index (χ4v) is 2.90. The number of aliphatic hydroxyl groups is 1. The van der Waals surface area contributed by atoms with E-state index in [4.69, 9.17) is 4.74 Å². The topological polar surface area (TPSA) is 41.5 Å². The third-order valence-corrected chi connectivity index (χ3v) is 4.28. The lowest BCUT2D eigenvalue weighted by Gasteiger charge is -2.34. The summed E-state index contributed by atoms with van der Waals surface area (Å²) >= 11 is 0. The van der Waals surface area contributed by atoms with Crippen LogP contribution in [0.3, 0.4) is 0 Å². The van der Waals surface area contributed by atoms with Crippen LogP contribution in [0.2, 0.25) is 0 Å². The summed E-state index contributed by atoms with van der Waals surface area (Å²) in [5.74, 6) is 0.823. The van der Waals surface area contributed by atoms with Gasteiger partial charge in [-0.2, -0.15) is 0 Å². The first-order chi connectivity index (χ1) is 7.70. The molecule has 0 spiro atoms. The maximum Gasteiger partial charge on any atom is 0.0815 e. The summed E-state index contributed by atoms with van der Waals surface area (Å²) < 4.78 is 5.28. The number of nitrogens with one attached hydrogen (secondary N) is 1.